The maximum atomic E-state index is 3.12. The van der Waals surface area contributed by atoms with Gasteiger partial charge >= 0.3 is 0 Å². The molecule has 0 amide bonds. The van der Waals surface area contributed by atoms with Crippen LogP contribution in [-0.2, 0) is 6.42 Å². The van der Waals surface area contributed by atoms with Gasteiger partial charge in [0.15, 0.2) is 0 Å². The summed E-state index contributed by atoms with van der Waals surface area (Å²) in [6.07, 6.45) is 1.08. The van der Waals surface area contributed by atoms with E-state index in [4.69, 9.17) is 0 Å². The fourth-order valence-electron chi connectivity index (χ4n) is 0.650. The highest BCUT2D eigenvalue weighted by Crippen LogP contribution is 1.95. The molecule has 0 atom stereocenters. The van der Waals surface area contributed by atoms with Gasteiger partial charge in [-0.3, -0.25) is 0 Å². The van der Waals surface area contributed by atoms with E-state index >= 15 is 0 Å². The predicted molar refractivity (Wildman–Crippen MR) is 34.7 cm³/mol. The lowest BCUT2D eigenvalue weighted by atomic mass is 10.2. The highest BCUT2D eigenvalue weighted by atomic mass is 13.9. The van der Waals surface area contributed by atoms with Gasteiger partial charge in [-0.25, -0.2) is 0 Å². The third-order valence-corrected chi connectivity index (χ3v) is 1.15. The van der Waals surface area contributed by atoms with E-state index in [1.165, 1.54) is 5.56 Å². The molecule has 8 heavy (non-hydrogen) atoms. The van der Waals surface area contributed by atoms with E-state index in [0.29, 0.717) is 0 Å². The molecule has 0 N–H and O–H groups in total. The van der Waals surface area contributed by atoms with E-state index in [-0.39, 0.29) is 0 Å². The summed E-state index contributed by atoms with van der Waals surface area (Å²) in [5.74, 6) is 0. The summed E-state index contributed by atoms with van der Waals surface area (Å²) in [6.45, 7) is 2.13. The molecule has 1 aromatic carbocycles. The highest BCUT2D eigenvalue weighted by molar-refractivity contribution is 5.12. The molecule has 0 fully saturated rings. The molecule has 0 nitrogen and oxygen atoms in total. The number of benzene rings is 1. The zero-order valence-electron chi connectivity index (χ0n) is 5.02. The van der Waals surface area contributed by atoms with Gasteiger partial charge < -0.3 is 0 Å². The summed E-state index contributed by atoms with van der Waals surface area (Å²) >= 11 is 0. The smallest absolute Gasteiger partial charge is 0.0538 e. The Morgan fingerprint density at radius 2 is 2.38 bits per heavy atom. The second-order valence-electron chi connectivity index (χ2n) is 1.74. The molecule has 1 rings (SSSR count). The molecule has 0 aliphatic rings. The zero-order chi connectivity index (χ0) is 5.82. The van der Waals surface area contributed by atoms with E-state index < -0.39 is 0 Å². The first kappa shape index (κ1) is 5.36. The normalized spacial score (nSPS) is 9.12. The summed E-state index contributed by atoms with van der Waals surface area (Å²) in [5, 5.41) is 0. The molecule has 42 valence electrons. The monoisotopic (exact) mass is 105 g/mol. The van der Waals surface area contributed by atoms with Crippen LogP contribution in [0, 0.1) is 6.07 Å². The number of hydrogen-bond acceptors (Lipinski definition) is 0. The van der Waals surface area contributed by atoms with Crippen LogP contribution in [0.1, 0.15) is 12.5 Å². The molecule has 0 heterocycles. The van der Waals surface area contributed by atoms with Gasteiger partial charge in [0.05, 0.1) is 0 Å². The first-order valence-electron chi connectivity index (χ1n) is 2.89. The van der Waals surface area contributed by atoms with Crippen LogP contribution < -0.4 is 0 Å². The minimum Gasteiger partial charge on any atom is -0.180 e. The summed E-state index contributed by atoms with van der Waals surface area (Å²) in [6, 6.07) is 11.2. The van der Waals surface area contributed by atoms with E-state index in [1.807, 2.05) is 18.2 Å². The average Bonchev–Trinajstić information content (AvgIpc) is 1.90. The van der Waals surface area contributed by atoms with E-state index in [0.717, 1.165) is 6.42 Å². The molecule has 0 saturated carbocycles. The van der Waals surface area contributed by atoms with Crippen LogP contribution in [0.3, 0.4) is 0 Å². The molecule has 1 aromatic rings. The Bertz CT molecular complexity index is 141. The van der Waals surface area contributed by atoms with E-state index in [9.17, 15) is 0 Å². The summed E-state index contributed by atoms with van der Waals surface area (Å²) in [7, 11) is 0. The Hall–Kier alpha value is -0.780. The Morgan fingerprint density at radius 1 is 1.50 bits per heavy atom. The van der Waals surface area contributed by atoms with Crippen LogP contribution in [0.5, 0.6) is 0 Å². The van der Waals surface area contributed by atoms with Crippen LogP contribution in [-0.4, -0.2) is 0 Å². The van der Waals surface area contributed by atoms with Crippen molar-refractivity contribution in [3.63, 3.8) is 0 Å². The molecule has 0 radical (unpaired) electrons. The van der Waals surface area contributed by atoms with Gasteiger partial charge in [-0.05, 0) is 0 Å². The van der Waals surface area contributed by atoms with Crippen molar-refractivity contribution < 1.29 is 0 Å². The lowest BCUT2D eigenvalue weighted by Gasteiger charge is -1.99. The zero-order valence-corrected chi connectivity index (χ0v) is 5.02. The number of aryl methyl sites for hydroxylation is 1. The minimum atomic E-state index is 1.08. The van der Waals surface area contributed by atoms with Crippen LogP contribution in [0.25, 0.3) is 0 Å². The van der Waals surface area contributed by atoms with Gasteiger partial charge in [0.1, 0.15) is 0 Å². The Labute approximate surface area is 50.2 Å². The first-order chi connectivity index (χ1) is 3.93. The SMILES string of the molecule is CCc1[c-]cccc1. The lowest BCUT2D eigenvalue weighted by molar-refractivity contribution is 1.14. The van der Waals surface area contributed by atoms with Crippen molar-refractivity contribution in [1.82, 2.24) is 0 Å². The van der Waals surface area contributed by atoms with Gasteiger partial charge in [0.2, 0.25) is 0 Å². The third-order valence-electron chi connectivity index (χ3n) is 1.15. The van der Waals surface area contributed by atoms with Crippen molar-refractivity contribution in [2.75, 3.05) is 0 Å². The van der Waals surface area contributed by atoms with Crippen LogP contribution in [0.4, 0.5) is 0 Å². The molecule has 0 bridgehead atoms. The minimum absolute atomic E-state index is 1.08. The second-order valence-corrected chi connectivity index (χ2v) is 1.74. The van der Waals surface area contributed by atoms with Crippen LogP contribution in [0.15, 0.2) is 24.3 Å². The molecule has 0 aliphatic heterocycles. The van der Waals surface area contributed by atoms with Crippen molar-refractivity contribution in [2.45, 2.75) is 13.3 Å². The quantitative estimate of drug-likeness (QED) is 0.479. The van der Waals surface area contributed by atoms with Crippen molar-refractivity contribution in [1.29, 1.82) is 0 Å². The molecular formula is C8H9-. The fraction of sp³-hybridized carbons (Fsp3) is 0.250. The number of hydrogen-bond donors (Lipinski definition) is 0. The standard InChI is InChI=1S/C8H9/c1-2-8-6-4-3-5-7-8/h3-6H,2H2,1H3/q-1. The molecule has 0 aliphatic carbocycles. The third kappa shape index (κ3) is 1.09. The van der Waals surface area contributed by atoms with Crippen LogP contribution >= 0.6 is 0 Å². The van der Waals surface area contributed by atoms with Gasteiger partial charge in [-0.2, -0.15) is 35.9 Å². The maximum Gasteiger partial charge on any atom is -0.0538 e. The van der Waals surface area contributed by atoms with Crippen molar-refractivity contribution in [3.05, 3.63) is 35.9 Å². The highest BCUT2D eigenvalue weighted by Gasteiger charge is 1.71. The predicted octanol–water partition coefficient (Wildman–Crippen LogP) is 2.05. The molecule has 0 aromatic heterocycles. The summed E-state index contributed by atoms with van der Waals surface area (Å²) in [5.41, 5.74) is 1.28. The Balaban J connectivity index is 2.83. The van der Waals surface area contributed by atoms with Gasteiger partial charge in [-0.15, -0.1) is 0 Å². The summed E-state index contributed by atoms with van der Waals surface area (Å²) in [4.78, 5) is 0. The van der Waals surface area contributed by atoms with Gasteiger partial charge in [-0.1, -0.05) is 13.3 Å². The Kier molecular flexibility index (Phi) is 1.68. The average molecular weight is 105 g/mol. The van der Waals surface area contributed by atoms with E-state index in [2.05, 4.69) is 19.1 Å². The molecular weight excluding hydrogens is 96.1 g/mol. The maximum absolute atomic E-state index is 3.12. The first-order valence-corrected chi connectivity index (χ1v) is 2.89. The van der Waals surface area contributed by atoms with Gasteiger partial charge in [0.25, 0.3) is 0 Å². The van der Waals surface area contributed by atoms with Gasteiger partial charge in [0, 0.05) is 0 Å². The van der Waals surface area contributed by atoms with Crippen molar-refractivity contribution >= 4 is 0 Å². The second kappa shape index (κ2) is 2.51. The topological polar surface area (TPSA) is 0 Å². The van der Waals surface area contributed by atoms with Crippen molar-refractivity contribution in [2.24, 2.45) is 0 Å². The molecule has 0 heteroatoms. The summed E-state index contributed by atoms with van der Waals surface area (Å²) < 4.78 is 0. The largest absolute Gasteiger partial charge is 0.180 e. The Morgan fingerprint density at radius 3 is 2.75 bits per heavy atom. The molecule has 0 spiro atoms. The molecule has 0 unspecified atom stereocenters. The van der Waals surface area contributed by atoms with Crippen LogP contribution in [0.2, 0.25) is 0 Å². The fourth-order valence-corrected chi connectivity index (χ4v) is 0.650. The van der Waals surface area contributed by atoms with Crippen molar-refractivity contribution in [3.8, 4) is 0 Å². The number of rotatable bonds is 1. The van der Waals surface area contributed by atoms with E-state index in [1.54, 1.807) is 0 Å². The lowest BCUT2D eigenvalue weighted by Crippen LogP contribution is -1.74. The molecule has 0 saturated heterocycles.